The summed E-state index contributed by atoms with van der Waals surface area (Å²) >= 11 is 0. The van der Waals surface area contributed by atoms with Crippen LogP contribution < -0.4 is 14.8 Å². The van der Waals surface area contributed by atoms with Crippen LogP contribution >= 0.6 is 0 Å². The third-order valence-electron chi connectivity index (χ3n) is 2.74. The molecule has 0 aromatic heterocycles. The summed E-state index contributed by atoms with van der Waals surface area (Å²) < 4.78 is 10.6. The number of benzene rings is 1. The summed E-state index contributed by atoms with van der Waals surface area (Å²) in [5.41, 5.74) is 0. The molecule has 0 spiro atoms. The van der Waals surface area contributed by atoms with E-state index in [9.17, 15) is 4.79 Å². The van der Waals surface area contributed by atoms with Gasteiger partial charge in [0.25, 0.3) is 5.91 Å². The molecule has 2 unspecified atom stereocenters. The van der Waals surface area contributed by atoms with Crippen molar-refractivity contribution < 1.29 is 14.3 Å². The molecule has 4 heteroatoms. The van der Waals surface area contributed by atoms with Gasteiger partial charge in [-0.1, -0.05) is 6.92 Å². The van der Waals surface area contributed by atoms with Crippen molar-refractivity contribution in [1.82, 2.24) is 5.32 Å². The van der Waals surface area contributed by atoms with Crippen LogP contribution in [0.15, 0.2) is 24.3 Å². The number of hydrogen-bond acceptors (Lipinski definition) is 3. The second-order valence-electron chi connectivity index (χ2n) is 4.25. The summed E-state index contributed by atoms with van der Waals surface area (Å²) in [7, 11) is 1.61. The van der Waals surface area contributed by atoms with Gasteiger partial charge in [0.15, 0.2) is 6.10 Å². The molecule has 100 valence electrons. The first-order valence-corrected chi connectivity index (χ1v) is 6.18. The minimum Gasteiger partial charge on any atom is -0.497 e. The monoisotopic (exact) mass is 251 g/mol. The quantitative estimate of drug-likeness (QED) is 0.844. The van der Waals surface area contributed by atoms with Crippen LogP contribution in [0.1, 0.15) is 27.2 Å². The lowest BCUT2D eigenvalue weighted by Gasteiger charge is -2.17. The molecule has 0 heterocycles. The maximum absolute atomic E-state index is 11.8. The van der Waals surface area contributed by atoms with Crippen molar-refractivity contribution in [2.24, 2.45) is 0 Å². The van der Waals surface area contributed by atoms with E-state index in [0.29, 0.717) is 5.75 Å². The summed E-state index contributed by atoms with van der Waals surface area (Å²) in [6.45, 7) is 5.74. The van der Waals surface area contributed by atoms with Crippen molar-refractivity contribution >= 4 is 5.91 Å². The number of carbonyl (C=O) groups excluding carboxylic acids is 1. The standard InChI is InChI=1S/C14H21NO3/c1-5-10(2)15-14(16)11(3)18-13-8-6-12(17-4)7-9-13/h6-11H,5H2,1-4H3,(H,15,16). The van der Waals surface area contributed by atoms with Crippen LogP contribution in [0, 0.1) is 0 Å². The van der Waals surface area contributed by atoms with Crippen molar-refractivity contribution in [2.45, 2.75) is 39.3 Å². The highest BCUT2D eigenvalue weighted by atomic mass is 16.5. The van der Waals surface area contributed by atoms with Crippen LogP contribution in [0.4, 0.5) is 0 Å². The van der Waals surface area contributed by atoms with E-state index in [4.69, 9.17) is 9.47 Å². The van der Waals surface area contributed by atoms with Gasteiger partial charge in [0, 0.05) is 6.04 Å². The second kappa shape index (κ2) is 6.89. The number of carbonyl (C=O) groups is 1. The zero-order valence-corrected chi connectivity index (χ0v) is 11.4. The lowest BCUT2D eigenvalue weighted by Crippen LogP contribution is -2.40. The number of nitrogens with one attached hydrogen (secondary N) is 1. The van der Waals surface area contributed by atoms with Crippen molar-refractivity contribution in [3.63, 3.8) is 0 Å². The van der Waals surface area contributed by atoms with Gasteiger partial charge in [0.2, 0.25) is 0 Å². The van der Waals surface area contributed by atoms with Crippen LogP contribution in [-0.2, 0) is 4.79 Å². The van der Waals surface area contributed by atoms with Crippen LogP contribution in [0.5, 0.6) is 11.5 Å². The summed E-state index contributed by atoms with van der Waals surface area (Å²) in [5, 5.41) is 2.88. The molecule has 0 saturated heterocycles. The Bertz CT molecular complexity index is 375. The molecule has 1 aromatic carbocycles. The molecule has 0 aliphatic heterocycles. The van der Waals surface area contributed by atoms with E-state index in [0.717, 1.165) is 12.2 Å². The number of amides is 1. The van der Waals surface area contributed by atoms with Crippen LogP contribution in [-0.4, -0.2) is 25.2 Å². The van der Waals surface area contributed by atoms with Crippen molar-refractivity contribution in [3.05, 3.63) is 24.3 Å². The molecule has 0 fully saturated rings. The Morgan fingerprint density at radius 3 is 2.28 bits per heavy atom. The zero-order chi connectivity index (χ0) is 13.5. The average molecular weight is 251 g/mol. The fourth-order valence-corrected chi connectivity index (χ4v) is 1.37. The SMILES string of the molecule is CCC(C)NC(=O)C(C)Oc1ccc(OC)cc1. The molecule has 1 amide bonds. The van der Waals surface area contributed by atoms with Crippen LogP contribution in [0.25, 0.3) is 0 Å². The fourth-order valence-electron chi connectivity index (χ4n) is 1.37. The van der Waals surface area contributed by atoms with E-state index < -0.39 is 6.10 Å². The summed E-state index contributed by atoms with van der Waals surface area (Å²) in [6.07, 6.45) is 0.397. The van der Waals surface area contributed by atoms with Crippen LogP contribution in [0.2, 0.25) is 0 Å². The van der Waals surface area contributed by atoms with Gasteiger partial charge >= 0.3 is 0 Å². The molecule has 0 aliphatic carbocycles. The minimum atomic E-state index is -0.507. The van der Waals surface area contributed by atoms with Gasteiger partial charge in [-0.05, 0) is 44.5 Å². The average Bonchev–Trinajstić information content (AvgIpc) is 2.39. The molecule has 0 bridgehead atoms. The highest BCUT2D eigenvalue weighted by Gasteiger charge is 2.15. The molecule has 2 atom stereocenters. The van der Waals surface area contributed by atoms with Gasteiger partial charge in [-0.3, -0.25) is 4.79 Å². The Morgan fingerprint density at radius 1 is 1.22 bits per heavy atom. The normalized spacial score (nSPS) is 13.6. The summed E-state index contributed by atoms with van der Waals surface area (Å²) in [5.74, 6) is 1.32. The first-order valence-electron chi connectivity index (χ1n) is 6.18. The number of ether oxygens (including phenoxy) is 2. The summed E-state index contributed by atoms with van der Waals surface area (Å²) in [4.78, 5) is 11.8. The first-order chi connectivity index (χ1) is 8.56. The molecular weight excluding hydrogens is 230 g/mol. The van der Waals surface area contributed by atoms with E-state index >= 15 is 0 Å². The van der Waals surface area contributed by atoms with E-state index in [2.05, 4.69) is 5.32 Å². The maximum atomic E-state index is 11.8. The largest absolute Gasteiger partial charge is 0.497 e. The Kier molecular flexibility index (Phi) is 5.49. The highest BCUT2D eigenvalue weighted by molar-refractivity contribution is 5.80. The predicted molar refractivity (Wildman–Crippen MR) is 71.0 cm³/mol. The Labute approximate surface area is 108 Å². The molecule has 1 aromatic rings. The molecular formula is C14H21NO3. The van der Waals surface area contributed by atoms with E-state index in [1.54, 1.807) is 38.3 Å². The number of rotatable bonds is 6. The third-order valence-corrected chi connectivity index (χ3v) is 2.74. The molecule has 1 rings (SSSR count). The van der Waals surface area contributed by atoms with Gasteiger partial charge in [-0.25, -0.2) is 0 Å². The Balaban J connectivity index is 2.52. The topological polar surface area (TPSA) is 47.6 Å². The fraction of sp³-hybridized carbons (Fsp3) is 0.500. The number of methoxy groups -OCH3 is 1. The van der Waals surface area contributed by atoms with Crippen molar-refractivity contribution in [2.75, 3.05) is 7.11 Å². The zero-order valence-electron chi connectivity index (χ0n) is 11.4. The lowest BCUT2D eigenvalue weighted by atomic mass is 10.2. The lowest BCUT2D eigenvalue weighted by molar-refractivity contribution is -0.127. The molecule has 1 N–H and O–H groups in total. The molecule has 0 aliphatic rings. The first kappa shape index (κ1) is 14.4. The van der Waals surface area contributed by atoms with Gasteiger partial charge in [0.1, 0.15) is 11.5 Å². The minimum absolute atomic E-state index is 0.0971. The third kappa shape index (κ3) is 4.28. The van der Waals surface area contributed by atoms with Gasteiger partial charge in [-0.2, -0.15) is 0 Å². The molecule has 0 saturated carbocycles. The van der Waals surface area contributed by atoms with Gasteiger partial charge in [0.05, 0.1) is 7.11 Å². The number of hydrogen-bond donors (Lipinski definition) is 1. The van der Waals surface area contributed by atoms with E-state index in [1.165, 1.54) is 0 Å². The van der Waals surface area contributed by atoms with Gasteiger partial charge < -0.3 is 14.8 Å². The van der Waals surface area contributed by atoms with Crippen LogP contribution in [0.3, 0.4) is 0 Å². The Morgan fingerprint density at radius 2 is 1.78 bits per heavy atom. The maximum Gasteiger partial charge on any atom is 0.260 e. The Hall–Kier alpha value is -1.71. The summed E-state index contributed by atoms with van der Waals surface area (Å²) in [6, 6.07) is 7.33. The molecule has 18 heavy (non-hydrogen) atoms. The highest BCUT2D eigenvalue weighted by Crippen LogP contribution is 2.18. The second-order valence-corrected chi connectivity index (χ2v) is 4.25. The smallest absolute Gasteiger partial charge is 0.260 e. The van der Waals surface area contributed by atoms with E-state index in [1.807, 2.05) is 13.8 Å². The molecule has 4 nitrogen and oxygen atoms in total. The van der Waals surface area contributed by atoms with Crippen molar-refractivity contribution in [1.29, 1.82) is 0 Å². The van der Waals surface area contributed by atoms with Crippen molar-refractivity contribution in [3.8, 4) is 11.5 Å². The van der Waals surface area contributed by atoms with Gasteiger partial charge in [-0.15, -0.1) is 0 Å². The predicted octanol–water partition coefficient (Wildman–Crippen LogP) is 2.38. The van der Waals surface area contributed by atoms with E-state index in [-0.39, 0.29) is 11.9 Å². The molecule has 0 radical (unpaired) electrons.